The molecule has 3 aliphatic rings. The van der Waals surface area contributed by atoms with Gasteiger partial charge in [0.2, 0.25) is 11.9 Å². The van der Waals surface area contributed by atoms with Crippen LogP contribution in [0.4, 0.5) is 10.7 Å². The second kappa shape index (κ2) is 11.8. The Balaban J connectivity index is 1.36. The van der Waals surface area contributed by atoms with E-state index in [1.54, 1.807) is 17.3 Å². The highest BCUT2D eigenvalue weighted by Gasteiger charge is 2.38. The SMILES string of the molecule is CC(C)OC(=O)N1CCC[C@@H](NC(=O)[C@@H]2CCCO2)[C@H]1COC1CCN(c2ncccn2)CC1. The van der Waals surface area contributed by atoms with Crippen molar-refractivity contribution in [2.75, 3.05) is 37.7 Å². The summed E-state index contributed by atoms with van der Waals surface area (Å²) < 4.78 is 17.4. The fourth-order valence-corrected chi connectivity index (χ4v) is 4.90. The van der Waals surface area contributed by atoms with E-state index in [9.17, 15) is 9.59 Å². The third-order valence-electron chi connectivity index (χ3n) is 6.68. The zero-order valence-electron chi connectivity index (χ0n) is 20.2. The van der Waals surface area contributed by atoms with Gasteiger partial charge in [-0.3, -0.25) is 4.79 Å². The average Bonchev–Trinajstić information content (AvgIpc) is 3.39. The zero-order chi connectivity index (χ0) is 23.9. The van der Waals surface area contributed by atoms with Crippen LogP contribution in [-0.2, 0) is 19.0 Å². The monoisotopic (exact) mass is 475 g/mol. The summed E-state index contributed by atoms with van der Waals surface area (Å²) in [5.41, 5.74) is 0. The van der Waals surface area contributed by atoms with E-state index in [0.717, 1.165) is 57.6 Å². The minimum atomic E-state index is -0.399. The number of anilines is 1. The van der Waals surface area contributed by atoms with Gasteiger partial charge >= 0.3 is 6.09 Å². The Hall–Kier alpha value is -2.46. The van der Waals surface area contributed by atoms with Crippen LogP contribution in [0.3, 0.4) is 0 Å². The molecule has 3 atom stereocenters. The van der Waals surface area contributed by atoms with Gasteiger partial charge in [0, 0.05) is 38.6 Å². The van der Waals surface area contributed by atoms with Crippen molar-refractivity contribution in [3.05, 3.63) is 18.5 Å². The van der Waals surface area contributed by atoms with Crippen LogP contribution >= 0.6 is 0 Å². The number of piperidine rings is 2. The van der Waals surface area contributed by atoms with Crippen molar-refractivity contribution in [3.8, 4) is 0 Å². The molecule has 3 fully saturated rings. The number of rotatable bonds is 7. The van der Waals surface area contributed by atoms with Crippen molar-refractivity contribution >= 4 is 17.9 Å². The average molecular weight is 476 g/mol. The number of likely N-dealkylation sites (tertiary alicyclic amines) is 1. The van der Waals surface area contributed by atoms with E-state index < -0.39 is 6.10 Å². The van der Waals surface area contributed by atoms with E-state index >= 15 is 0 Å². The van der Waals surface area contributed by atoms with Crippen molar-refractivity contribution in [1.82, 2.24) is 20.2 Å². The summed E-state index contributed by atoms with van der Waals surface area (Å²) in [6.07, 6.45) is 7.57. The Morgan fingerprint density at radius 1 is 1.12 bits per heavy atom. The van der Waals surface area contributed by atoms with E-state index in [0.29, 0.717) is 19.8 Å². The molecule has 4 rings (SSSR count). The van der Waals surface area contributed by atoms with Gasteiger partial charge in [-0.1, -0.05) is 0 Å². The largest absolute Gasteiger partial charge is 0.447 e. The minimum absolute atomic E-state index is 0.0828. The molecule has 10 nitrogen and oxygen atoms in total. The summed E-state index contributed by atoms with van der Waals surface area (Å²) in [5.74, 6) is 0.649. The Morgan fingerprint density at radius 2 is 1.88 bits per heavy atom. The first kappa shape index (κ1) is 24.7. The number of ether oxygens (including phenoxy) is 3. The number of nitrogens with one attached hydrogen (secondary N) is 1. The highest BCUT2D eigenvalue weighted by molar-refractivity contribution is 5.81. The quantitative estimate of drug-likeness (QED) is 0.639. The molecule has 34 heavy (non-hydrogen) atoms. The Kier molecular flexibility index (Phi) is 8.55. The van der Waals surface area contributed by atoms with Crippen LogP contribution in [0.2, 0.25) is 0 Å². The molecule has 2 amide bonds. The number of hydrogen-bond donors (Lipinski definition) is 1. The third-order valence-corrected chi connectivity index (χ3v) is 6.68. The van der Waals surface area contributed by atoms with Crippen molar-refractivity contribution in [2.24, 2.45) is 0 Å². The summed E-state index contributed by atoms with van der Waals surface area (Å²) in [6, 6.07) is 1.34. The number of nitrogens with zero attached hydrogens (tertiary/aromatic N) is 4. The predicted molar refractivity (Wildman–Crippen MR) is 125 cm³/mol. The van der Waals surface area contributed by atoms with Gasteiger partial charge in [-0.05, 0) is 58.4 Å². The molecule has 1 N–H and O–H groups in total. The second-order valence-electron chi connectivity index (χ2n) is 9.52. The van der Waals surface area contributed by atoms with Gasteiger partial charge in [-0.25, -0.2) is 14.8 Å². The molecule has 0 saturated carbocycles. The van der Waals surface area contributed by atoms with Gasteiger partial charge in [-0.15, -0.1) is 0 Å². The maximum Gasteiger partial charge on any atom is 0.410 e. The zero-order valence-corrected chi connectivity index (χ0v) is 20.2. The number of aromatic nitrogens is 2. The van der Waals surface area contributed by atoms with Gasteiger partial charge in [-0.2, -0.15) is 0 Å². The number of hydrogen-bond acceptors (Lipinski definition) is 8. The predicted octanol–water partition coefficient (Wildman–Crippen LogP) is 2.14. The molecular weight excluding hydrogens is 438 g/mol. The van der Waals surface area contributed by atoms with Gasteiger partial charge in [0.25, 0.3) is 0 Å². The highest BCUT2D eigenvalue weighted by atomic mass is 16.6. The van der Waals surface area contributed by atoms with Crippen molar-refractivity contribution < 1.29 is 23.8 Å². The first-order valence-corrected chi connectivity index (χ1v) is 12.5. The minimum Gasteiger partial charge on any atom is -0.447 e. The van der Waals surface area contributed by atoms with Crippen molar-refractivity contribution in [1.29, 1.82) is 0 Å². The van der Waals surface area contributed by atoms with E-state index in [-0.39, 0.29) is 36.3 Å². The molecule has 0 aromatic carbocycles. The van der Waals surface area contributed by atoms with Gasteiger partial charge in [0.05, 0.1) is 30.9 Å². The van der Waals surface area contributed by atoms with Crippen LogP contribution in [0.15, 0.2) is 18.5 Å². The van der Waals surface area contributed by atoms with Gasteiger partial charge in [0.15, 0.2) is 0 Å². The molecule has 3 saturated heterocycles. The smallest absolute Gasteiger partial charge is 0.410 e. The topological polar surface area (TPSA) is 106 Å². The lowest BCUT2D eigenvalue weighted by Crippen LogP contribution is -2.60. The van der Waals surface area contributed by atoms with Crippen LogP contribution in [0.1, 0.15) is 52.4 Å². The summed E-state index contributed by atoms with van der Waals surface area (Å²) in [4.78, 5) is 38.2. The standard InChI is InChI=1S/C24H37N5O5/c1-17(2)34-24(31)29-12-3-6-19(27-22(30)21-7-4-15-32-21)20(29)16-33-18-8-13-28(14-9-18)23-25-10-5-11-26-23/h5,10-11,17-21H,3-4,6-9,12-16H2,1-2H3,(H,27,30)/t19-,20-,21+/m1/s1. The maximum atomic E-state index is 12.8. The Morgan fingerprint density at radius 3 is 2.56 bits per heavy atom. The van der Waals surface area contributed by atoms with Crippen LogP contribution in [0.5, 0.6) is 0 Å². The van der Waals surface area contributed by atoms with Crippen LogP contribution in [0, 0.1) is 0 Å². The lowest BCUT2D eigenvalue weighted by molar-refractivity contribution is -0.132. The second-order valence-corrected chi connectivity index (χ2v) is 9.52. The molecule has 188 valence electrons. The molecule has 0 unspecified atom stereocenters. The van der Waals surface area contributed by atoms with Crippen LogP contribution < -0.4 is 10.2 Å². The van der Waals surface area contributed by atoms with E-state index in [4.69, 9.17) is 14.2 Å². The van der Waals surface area contributed by atoms with Crippen molar-refractivity contribution in [2.45, 2.75) is 82.8 Å². The van der Waals surface area contributed by atoms with Gasteiger partial charge < -0.3 is 29.3 Å². The molecule has 0 spiro atoms. The van der Waals surface area contributed by atoms with Gasteiger partial charge in [0.1, 0.15) is 6.10 Å². The first-order valence-electron chi connectivity index (χ1n) is 12.5. The summed E-state index contributed by atoms with van der Waals surface area (Å²) >= 11 is 0. The van der Waals surface area contributed by atoms with E-state index in [2.05, 4.69) is 20.2 Å². The Labute approximate surface area is 201 Å². The summed E-state index contributed by atoms with van der Waals surface area (Å²) in [5, 5.41) is 3.15. The molecule has 0 bridgehead atoms. The lowest BCUT2D eigenvalue weighted by Gasteiger charge is -2.42. The number of carbonyl (C=O) groups excluding carboxylic acids is 2. The molecule has 0 radical (unpaired) electrons. The molecular formula is C24H37N5O5. The molecule has 3 aliphatic heterocycles. The normalized spacial score (nSPS) is 26.0. The third kappa shape index (κ3) is 6.35. The lowest BCUT2D eigenvalue weighted by atomic mass is 9.96. The molecule has 4 heterocycles. The Bertz CT molecular complexity index is 796. The molecule has 10 heteroatoms. The fourth-order valence-electron chi connectivity index (χ4n) is 4.90. The maximum absolute atomic E-state index is 12.8. The highest BCUT2D eigenvalue weighted by Crippen LogP contribution is 2.24. The number of amides is 2. The fraction of sp³-hybridized carbons (Fsp3) is 0.750. The van der Waals surface area contributed by atoms with E-state index in [1.165, 1.54) is 0 Å². The summed E-state index contributed by atoms with van der Waals surface area (Å²) in [7, 11) is 0. The van der Waals surface area contributed by atoms with E-state index in [1.807, 2.05) is 19.9 Å². The number of carbonyl (C=O) groups is 2. The molecule has 0 aliphatic carbocycles. The summed E-state index contributed by atoms with van der Waals surface area (Å²) in [6.45, 7) is 6.89. The first-order chi connectivity index (χ1) is 16.5. The molecule has 1 aromatic rings. The van der Waals surface area contributed by atoms with Crippen molar-refractivity contribution in [3.63, 3.8) is 0 Å². The molecule has 1 aromatic heterocycles. The van der Waals surface area contributed by atoms with Crippen LogP contribution in [-0.4, -0.2) is 90.1 Å². The van der Waals surface area contributed by atoms with Crippen LogP contribution in [0.25, 0.3) is 0 Å².